The molecule has 0 aliphatic carbocycles. The van der Waals surface area contributed by atoms with Crippen molar-refractivity contribution in [1.29, 1.82) is 0 Å². The second-order valence-corrected chi connectivity index (χ2v) is 6.97. The molecule has 1 heterocycles. The number of hydrogen-bond acceptors (Lipinski definition) is 4. The van der Waals surface area contributed by atoms with E-state index < -0.39 is 10.0 Å². The summed E-state index contributed by atoms with van der Waals surface area (Å²) < 4.78 is 27.3. The van der Waals surface area contributed by atoms with E-state index in [4.69, 9.17) is 0 Å². The van der Waals surface area contributed by atoms with E-state index in [2.05, 4.69) is 33.4 Å². The first kappa shape index (κ1) is 16.1. The molecule has 0 saturated carbocycles. The molecule has 1 aromatic rings. The maximum Gasteiger partial charge on any atom is 0.211 e. The zero-order valence-electron chi connectivity index (χ0n) is 12.0. The fourth-order valence-corrected chi connectivity index (χ4v) is 2.35. The van der Waals surface area contributed by atoms with Crippen molar-refractivity contribution >= 4 is 10.0 Å². The van der Waals surface area contributed by atoms with Crippen molar-refractivity contribution in [2.24, 2.45) is 0 Å². The van der Waals surface area contributed by atoms with E-state index in [1.807, 2.05) is 13.1 Å². The molecular weight excluding hydrogens is 264 g/mol. The Labute approximate surface area is 115 Å². The van der Waals surface area contributed by atoms with Gasteiger partial charge in [-0.05, 0) is 27.7 Å². The summed E-state index contributed by atoms with van der Waals surface area (Å²) >= 11 is 0. The molecular formula is C12H24N4O2S. The van der Waals surface area contributed by atoms with Crippen LogP contribution >= 0.6 is 0 Å². The molecule has 1 aromatic heterocycles. The number of aromatic nitrogens is 2. The van der Waals surface area contributed by atoms with E-state index in [1.165, 1.54) is 0 Å². The maximum absolute atomic E-state index is 11.3. The van der Waals surface area contributed by atoms with Gasteiger partial charge in [0.25, 0.3) is 0 Å². The van der Waals surface area contributed by atoms with Gasteiger partial charge < -0.3 is 9.88 Å². The molecule has 6 nitrogen and oxygen atoms in total. The number of hydrogen-bond donors (Lipinski definition) is 2. The molecule has 1 atom stereocenters. The molecule has 2 N–H and O–H groups in total. The van der Waals surface area contributed by atoms with Crippen molar-refractivity contribution in [3.05, 3.63) is 18.2 Å². The van der Waals surface area contributed by atoms with Gasteiger partial charge in [-0.25, -0.2) is 18.1 Å². The third kappa shape index (κ3) is 5.30. The van der Waals surface area contributed by atoms with Crippen molar-refractivity contribution in [3.63, 3.8) is 0 Å². The van der Waals surface area contributed by atoms with Crippen LogP contribution in [-0.4, -0.2) is 36.3 Å². The Kier molecular flexibility index (Phi) is 5.96. The van der Waals surface area contributed by atoms with E-state index in [-0.39, 0.29) is 11.8 Å². The normalized spacial score (nSPS) is 13.9. The molecule has 19 heavy (non-hydrogen) atoms. The van der Waals surface area contributed by atoms with Gasteiger partial charge in [0.1, 0.15) is 5.82 Å². The van der Waals surface area contributed by atoms with Crippen molar-refractivity contribution in [2.75, 3.05) is 12.3 Å². The van der Waals surface area contributed by atoms with Crippen molar-refractivity contribution in [3.8, 4) is 0 Å². The first-order chi connectivity index (χ1) is 8.85. The van der Waals surface area contributed by atoms with Crippen LogP contribution in [-0.2, 0) is 16.6 Å². The molecule has 0 saturated heterocycles. The summed E-state index contributed by atoms with van der Waals surface area (Å²) in [6.07, 6.45) is 3.73. The van der Waals surface area contributed by atoms with Gasteiger partial charge in [-0.1, -0.05) is 0 Å². The van der Waals surface area contributed by atoms with Crippen LogP contribution in [0.25, 0.3) is 0 Å². The average Bonchev–Trinajstić information content (AvgIpc) is 2.82. The Morgan fingerprint density at radius 1 is 1.37 bits per heavy atom. The molecule has 0 radical (unpaired) electrons. The largest absolute Gasteiger partial charge is 0.331 e. The Hall–Kier alpha value is -0.920. The van der Waals surface area contributed by atoms with E-state index in [0.29, 0.717) is 19.1 Å². The summed E-state index contributed by atoms with van der Waals surface area (Å²) in [5, 5.41) is 3.27. The van der Waals surface area contributed by atoms with Gasteiger partial charge in [0.05, 0.1) is 12.3 Å². The quantitative estimate of drug-likeness (QED) is 0.744. The highest BCUT2D eigenvalue weighted by Crippen LogP contribution is 2.07. The van der Waals surface area contributed by atoms with Crippen LogP contribution in [0.4, 0.5) is 0 Å². The topological polar surface area (TPSA) is 76.0 Å². The van der Waals surface area contributed by atoms with Crippen LogP contribution in [0.15, 0.2) is 12.4 Å². The summed E-state index contributed by atoms with van der Waals surface area (Å²) in [5.41, 5.74) is 0. The molecule has 0 fully saturated rings. The Bertz CT molecular complexity index is 482. The van der Waals surface area contributed by atoms with Gasteiger partial charge in [0.15, 0.2) is 0 Å². The van der Waals surface area contributed by atoms with Crippen molar-refractivity contribution in [2.45, 2.75) is 46.3 Å². The van der Waals surface area contributed by atoms with Gasteiger partial charge in [-0.2, -0.15) is 0 Å². The van der Waals surface area contributed by atoms with Gasteiger partial charge in [0.2, 0.25) is 10.0 Å². The summed E-state index contributed by atoms with van der Waals surface area (Å²) in [6.45, 7) is 8.79. The number of nitrogens with one attached hydrogen (secondary N) is 2. The summed E-state index contributed by atoms with van der Waals surface area (Å²) in [7, 11) is -3.12. The first-order valence-electron chi connectivity index (χ1n) is 6.58. The van der Waals surface area contributed by atoms with Crippen LogP contribution in [0.3, 0.4) is 0 Å². The SMILES string of the molecule is CCS(=O)(=O)NC[C@H](C)NCc1nccn1C(C)C. The summed E-state index contributed by atoms with van der Waals surface area (Å²) in [6, 6.07) is 0.423. The zero-order valence-corrected chi connectivity index (χ0v) is 12.9. The molecule has 0 spiro atoms. The molecule has 110 valence electrons. The molecule has 0 aliphatic rings. The Morgan fingerprint density at radius 3 is 2.63 bits per heavy atom. The molecule has 0 amide bonds. The smallest absolute Gasteiger partial charge is 0.211 e. The van der Waals surface area contributed by atoms with E-state index in [9.17, 15) is 8.42 Å². The lowest BCUT2D eigenvalue weighted by Crippen LogP contribution is -2.39. The van der Waals surface area contributed by atoms with Gasteiger partial charge in [-0.3, -0.25) is 0 Å². The second kappa shape index (κ2) is 7.02. The number of sulfonamides is 1. The second-order valence-electron chi connectivity index (χ2n) is 4.88. The van der Waals surface area contributed by atoms with Crippen LogP contribution in [0, 0.1) is 0 Å². The number of nitrogens with zero attached hydrogens (tertiary/aromatic N) is 2. The predicted molar refractivity (Wildman–Crippen MR) is 76.4 cm³/mol. The molecule has 7 heteroatoms. The number of imidazole rings is 1. The fraction of sp³-hybridized carbons (Fsp3) is 0.750. The Morgan fingerprint density at radius 2 is 2.05 bits per heavy atom. The monoisotopic (exact) mass is 288 g/mol. The van der Waals surface area contributed by atoms with E-state index in [0.717, 1.165) is 5.82 Å². The number of rotatable bonds is 8. The van der Waals surface area contributed by atoms with Crippen LogP contribution in [0.5, 0.6) is 0 Å². The molecule has 0 bridgehead atoms. The summed E-state index contributed by atoms with van der Waals surface area (Å²) in [4.78, 5) is 4.30. The van der Waals surface area contributed by atoms with E-state index in [1.54, 1.807) is 13.1 Å². The van der Waals surface area contributed by atoms with Gasteiger partial charge in [-0.15, -0.1) is 0 Å². The minimum atomic E-state index is -3.12. The highest BCUT2D eigenvalue weighted by Gasteiger charge is 2.11. The third-order valence-electron chi connectivity index (χ3n) is 2.90. The van der Waals surface area contributed by atoms with Gasteiger partial charge >= 0.3 is 0 Å². The van der Waals surface area contributed by atoms with Gasteiger partial charge in [0, 0.05) is 31.0 Å². The first-order valence-corrected chi connectivity index (χ1v) is 8.23. The van der Waals surface area contributed by atoms with Crippen molar-refractivity contribution in [1.82, 2.24) is 19.6 Å². The zero-order chi connectivity index (χ0) is 14.5. The summed E-state index contributed by atoms with van der Waals surface area (Å²) in [5.74, 6) is 1.07. The minimum Gasteiger partial charge on any atom is -0.331 e. The van der Waals surface area contributed by atoms with Crippen LogP contribution in [0.2, 0.25) is 0 Å². The lowest BCUT2D eigenvalue weighted by molar-refractivity contribution is 0.490. The third-order valence-corrected chi connectivity index (χ3v) is 4.27. The van der Waals surface area contributed by atoms with Crippen LogP contribution in [0.1, 0.15) is 39.6 Å². The minimum absolute atomic E-state index is 0.0543. The lowest BCUT2D eigenvalue weighted by Gasteiger charge is -2.16. The predicted octanol–water partition coefficient (Wildman–Crippen LogP) is 0.881. The van der Waals surface area contributed by atoms with Crippen molar-refractivity contribution < 1.29 is 8.42 Å². The Balaban J connectivity index is 2.42. The molecule has 0 unspecified atom stereocenters. The average molecular weight is 288 g/mol. The lowest BCUT2D eigenvalue weighted by atomic mass is 10.3. The molecule has 0 aliphatic heterocycles. The standard InChI is InChI=1S/C12H24N4O2S/c1-5-19(17,18)15-8-11(4)14-9-12-13-6-7-16(12)10(2)3/h6-7,10-11,14-15H,5,8-9H2,1-4H3/t11-/m0/s1. The highest BCUT2D eigenvalue weighted by molar-refractivity contribution is 7.89. The maximum atomic E-state index is 11.3. The highest BCUT2D eigenvalue weighted by atomic mass is 32.2. The fourth-order valence-electron chi connectivity index (χ4n) is 1.64. The van der Waals surface area contributed by atoms with E-state index >= 15 is 0 Å². The molecule has 0 aromatic carbocycles. The molecule has 1 rings (SSSR count). The van der Waals surface area contributed by atoms with Crippen LogP contribution < -0.4 is 10.0 Å².